The zero-order valence-electron chi connectivity index (χ0n) is 16.6. The number of carbonyl (C=O) groups is 3. The average molecular weight is 371 g/mol. The molecule has 0 bridgehead atoms. The third kappa shape index (κ3) is 3.45. The molecule has 2 fully saturated rings. The minimum absolute atomic E-state index is 0.0830. The van der Waals surface area contributed by atoms with E-state index in [4.69, 9.17) is 0 Å². The Bertz CT molecular complexity index is 774. The van der Waals surface area contributed by atoms with Crippen LogP contribution >= 0.6 is 0 Å². The summed E-state index contributed by atoms with van der Waals surface area (Å²) < 4.78 is 0. The number of anilines is 1. The predicted molar refractivity (Wildman–Crippen MR) is 105 cm³/mol. The van der Waals surface area contributed by atoms with Gasteiger partial charge in [-0.25, -0.2) is 4.79 Å². The molecule has 1 aromatic carbocycles. The van der Waals surface area contributed by atoms with Crippen molar-refractivity contribution in [2.24, 2.45) is 5.92 Å². The fourth-order valence-electron chi connectivity index (χ4n) is 4.30. The summed E-state index contributed by atoms with van der Waals surface area (Å²) in [5, 5.41) is 5.80. The molecule has 0 radical (unpaired) electrons. The maximum atomic E-state index is 13.0. The van der Waals surface area contributed by atoms with Crippen LogP contribution in [0.15, 0.2) is 18.2 Å². The van der Waals surface area contributed by atoms with E-state index in [1.807, 2.05) is 32.0 Å². The lowest BCUT2D eigenvalue weighted by molar-refractivity contribution is -0.136. The number of urea groups is 1. The Morgan fingerprint density at radius 3 is 2.74 bits per heavy atom. The van der Waals surface area contributed by atoms with Crippen molar-refractivity contribution in [1.82, 2.24) is 10.2 Å². The number of nitrogens with zero attached hydrogens (tertiary/aromatic N) is 1. The van der Waals surface area contributed by atoms with E-state index in [-0.39, 0.29) is 30.2 Å². The first-order valence-corrected chi connectivity index (χ1v) is 9.79. The number of hydrogen-bond donors (Lipinski definition) is 2. The molecule has 1 aliphatic carbocycles. The second-order valence-corrected chi connectivity index (χ2v) is 8.18. The minimum Gasteiger partial charge on any atom is -0.324 e. The van der Waals surface area contributed by atoms with Crippen LogP contribution in [-0.4, -0.2) is 34.8 Å². The van der Waals surface area contributed by atoms with Gasteiger partial charge in [-0.1, -0.05) is 51.8 Å². The molecule has 146 valence electrons. The highest BCUT2D eigenvalue weighted by Crippen LogP contribution is 2.38. The van der Waals surface area contributed by atoms with Gasteiger partial charge in [0.2, 0.25) is 5.91 Å². The molecule has 2 aliphatic rings. The Labute approximate surface area is 160 Å². The first-order valence-electron chi connectivity index (χ1n) is 9.79. The van der Waals surface area contributed by atoms with Gasteiger partial charge in [0.05, 0.1) is 0 Å². The summed E-state index contributed by atoms with van der Waals surface area (Å²) in [5.41, 5.74) is 1.94. The number of amides is 4. The maximum absolute atomic E-state index is 13.0. The Morgan fingerprint density at radius 1 is 1.33 bits per heavy atom. The van der Waals surface area contributed by atoms with Crippen LogP contribution in [0.25, 0.3) is 0 Å². The molecular formula is C21H29N3O3. The molecule has 3 rings (SSSR count). The van der Waals surface area contributed by atoms with Crippen LogP contribution in [0.3, 0.4) is 0 Å². The Hall–Kier alpha value is -2.37. The highest BCUT2D eigenvalue weighted by atomic mass is 16.2. The van der Waals surface area contributed by atoms with Crippen molar-refractivity contribution in [2.75, 3.05) is 11.9 Å². The topological polar surface area (TPSA) is 78.5 Å². The largest absolute Gasteiger partial charge is 0.325 e. The molecule has 6 heteroatoms. The van der Waals surface area contributed by atoms with Crippen molar-refractivity contribution in [3.63, 3.8) is 0 Å². The second kappa shape index (κ2) is 7.33. The van der Waals surface area contributed by atoms with Crippen LogP contribution in [0.2, 0.25) is 0 Å². The molecule has 1 aliphatic heterocycles. The second-order valence-electron chi connectivity index (χ2n) is 8.18. The molecule has 2 N–H and O–H groups in total. The van der Waals surface area contributed by atoms with Gasteiger partial charge in [-0.2, -0.15) is 0 Å². The number of rotatable bonds is 4. The maximum Gasteiger partial charge on any atom is 0.325 e. The summed E-state index contributed by atoms with van der Waals surface area (Å²) in [5.74, 6) is -0.276. The average Bonchev–Trinajstić information content (AvgIpc) is 2.84. The Morgan fingerprint density at radius 2 is 2.07 bits per heavy atom. The van der Waals surface area contributed by atoms with E-state index >= 15 is 0 Å². The summed E-state index contributed by atoms with van der Waals surface area (Å²) in [4.78, 5) is 39.2. The standard InChI is InChI=1S/C21H29N3O3/c1-13(2)16-10-7-8-14(3)18(16)22-17(25)12-24-19(26)21(23-20(24)27)11-6-5-9-15(21)4/h7-8,10,13,15H,5-6,9,11-12H2,1-4H3,(H,22,25)(H,23,27). The summed E-state index contributed by atoms with van der Waals surface area (Å²) in [6, 6.07) is 5.43. The number of nitrogens with one attached hydrogen (secondary N) is 2. The molecule has 0 aromatic heterocycles. The summed E-state index contributed by atoms with van der Waals surface area (Å²) in [7, 11) is 0. The van der Waals surface area contributed by atoms with Gasteiger partial charge in [-0.3, -0.25) is 14.5 Å². The number of carbonyl (C=O) groups excluding carboxylic acids is 3. The van der Waals surface area contributed by atoms with Crippen LogP contribution in [0.5, 0.6) is 0 Å². The molecule has 6 nitrogen and oxygen atoms in total. The van der Waals surface area contributed by atoms with E-state index in [0.717, 1.165) is 41.0 Å². The SMILES string of the molecule is Cc1cccc(C(C)C)c1NC(=O)CN1C(=O)NC2(CCCCC2C)C1=O. The molecule has 1 heterocycles. The third-order valence-electron chi connectivity index (χ3n) is 5.99. The van der Waals surface area contributed by atoms with Gasteiger partial charge in [0.1, 0.15) is 12.1 Å². The highest BCUT2D eigenvalue weighted by molar-refractivity contribution is 6.10. The lowest BCUT2D eigenvalue weighted by Gasteiger charge is -2.36. The zero-order chi connectivity index (χ0) is 19.8. The van der Waals surface area contributed by atoms with Gasteiger partial charge in [-0.15, -0.1) is 0 Å². The molecule has 2 unspecified atom stereocenters. The quantitative estimate of drug-likeness (QED) is 0.795. The van der Waals surface area contributed by atoms with Crippen molar-refractivity contribution in [2.45, 2.75) is 64.8 Å². The zero-order valence-corrected chi connectivity index (χ0v) is 16.6. The number of imide groups is 1. The lowest BCUT2D eigenvalue weighted by atomic mass is 9.73. The molecule has 1 spiro atoms. The lowest BCUT2D eigenvalue weighted by Crippen LogP contribution is -2.54. The van der Waals surface area contributed by atoms with Crippen molar-refractivity contribution >= 4 is 23.5 Å². The summed E-state index contributed by atoms with van der Waals surface area (Å²) in [6.45, 7) is 7.81. The third-order valence-corrected chi connectivity index (χ3v) is 5.99. The van der Waals surface area contributed by atoms with E-state index in [2.05, 4.69) is 24.5 Å². The normalized spacial score (nSPS) is 25.2. The van der Waals surface area contributed by atoms with Gasteiger partial charge < -0.3 is 10.6 Å². The van der Waals surface area contributed by atoms with Crippen molar-refractivity contribution in [3.8, 4) is 0 Å². The van der Waals surface area contributed by atoms with Gasteiger partial charge in [0, 0.05) is 5.69 Å². The molecule has 1 saturated carbocycles. The van der Waals surface area contributed by atoms with Gasteiger partial charge >= 0.3 is 6.03 Å². The number of hydrogen-bond acceptors (Lipinski definition) is 3. The first kappa shape index (κ1) is 19.4. The van der Waals surface area contributed by atoms with Crippen LogP contribution in [0.1, 0.15) is 63.5 Å². The van der Waals surface area contributed by atoms with E-state index in [1.165, 1.54) is 0 Å². The van der Waals surface area contributed by atoms with E-state index < -0.39 is 11.6 Å². The molecule has 27 heavy (non-hydrogen) atoms. The predicted octanol–water partition coefficient (Wildman–Crippen LogP) is 3.56. The van der Waals surface area contributed by atoms with Crippen molar-refractivity contribution < 1.29 is 14.4 Å². The van der Waals surface area contributed by atoms with Crippen LogP contribution in [-0.2, 0) is 9.59 Å². The molecule has 4 amide bonds. The Balaban J connectivity index is 1.76. The fourth-order valence-corrected chi connectivity index (χ4v) is 4.30. The smallest absolute Gasteiger partial charge is 0.324 e. The first-order chi connectivity index (χ1) is 12.8. The summed E-state index contributed by atoms with van der Waals surface area (Å²) >= 11 is 0. The minimum atomic E-state index is -0.832. The van der Waals surface area contributed by atoms with E-state index in [9.17, 15) is 14.4 Å². The van der Waals surface area contributed by atoms with E-state index in [1.54, 1.807) is 0 Å². The van der Waals surface area contributed by atoms with Crippen molar-refractivity contribution in [1.29, 1.82) is 0 Å². The molecule has 1 saturated heterocycles. The van der Waals surface area contributed by atoms with E-state index in [0.29, 0.717) is 6.42 Å². The van der Waals surface area contributed by atoms with Gasteiger partial charge in [-0.05, 0) is 42.7 Å². The van der Waals surface area contributed by atoms with Crippen molar-refractivity contribution in [3.05, 3.63) is 29.3 Å². The highest BCUT2D eigenvalue weighted by Gasteiger charge is 2.55. The summed E-state index contributed by atoms with van der Waals surface area (Å²) in [6.07, 6.45) is 3.54. The Kier molecular flexibility index (Phi) is 5.27. The van der Waals surface area contributed by atoms with Crippen LogP contribution in [0.4, 0.5) is 10.5 Å². The number of para-hydroxylation sites is 1. The van der Waals surface area contributed by atoms with Gasteiger partial charge in [0.15, 0.2) is 0 Å². The molecule has 1 aromatic rings. The fraction of sp³-hybridized carbons (Fsp3) is 0.571. The molecule has 2 atom stereocenters. The van der Waals surface area contributed by atoms with Crippen LogP contribution < -0.4 is 10.6 Å². The monoisotopic (exact) mass is 371 g/mol. The number of aryl methyl sites for hydroxylation is 1. The van der Waals surface area contributed by atoms with Crippen LogP contribution in [0, 0.1) is 12.8 Å². The molecular weight excluding hydrogens is 342 g/mol. The number of benzene rings is 1. The van der Waals surface area contributed by atoms with Gasteiger partial charge in [0.25, 0.3) is 5.91 Å².